The predicted octanol–water partition coefficient (Wildman–Crippen LogP) is 0.943. The zero-order valence-electron chi connectivity index (χ0n) is 11.7. The van der Waals surface area contributed by atoms with Gasteiger partial charge in [-0.05, 0) is 50.2 Å². The monoisotopic (exact) mass is 290 g/mol. The van der Waals surface area contributed by atoms with Gasteiger partial charge in [0.1, 0.15) is 11.6 Å². The molecule has 1 aliphatic carbocycles. The summed E-state index contributed by atoms with van der Waals surface area (Å²) in [6.45, 7) is 0.395. The average molecular weight is 290 g/mol. The van der Waals surface area contributed by atoms with Gasteiger partial charge in [-0.25, -0.2) is 4.79 Å². The number of nitrogens with zero attached hydrogens (tertiary/aromatic N) is 1. The lowest BCUT2D eigenvalue weighted by molar-refractivity contribution is -0.141. The van der Waals surface area contributed by atoms with Gasteiger partial charge in [0.2, 0.25) is 0 Å². The molecule has 3 rings (SSSR count). The molecule has 1 saturated heterocycles. The summed E-state index contributed by atoms with van der Waals surface area (Å²) < 4.78 is 0. The minimum absolute atomic E-state index is 0.0730. The smallest absolute Gasteiger partial charge is 0.326 e. The predicted molar refractivity (Wildman–Crippen MR) is 75.4 cm³/mol. The molecule has 1 atom stereocenters. The highest BCUT2D eigenvalue weighted by molar-refractivity contribution is 5.96. The number of pyridine rings is 1. The molecule has 0 unspecified atom stereocenters. The Morgan fingerprint density at radius 3 is 2.76 bits per heavy atom. The van der Waals surface area contributed by atoms with E-state index in [0.717, 1.165) is 36.9 Å². The topological polar surface area (TPSA) is 90.5 Å². The number of rotatable bonds is 2. The molecular weight excluding hydrogens is 272 g/mol. The number of fused-ring (bicyclic) bond motifs is 1. The second-order valence-corrected chi connectivity index (χ2v) is 5.72. The average Bonchev–Trinajstić information content (AvgIpc) is 2.95. The third-order valence-electron chi connectivity index (χ3n) is 4.37. The molecule has 21 heavy (non-hydrogen) atoms. The fraction of sp³-hybridized carbons (Fsp3) is 0.533. The Labute approximate surface area is 121 Å². The van der Waals surface area contributed by atoms with Crippen LogP contribution in [0, 0.1) is 0 Å². The van der Waals surface area contributed by atoms with Gasteiger partial charge in [-0.3, -0.25) is 9.59 Å². The van der Waals surface area contributed by atoms with E-state index < -0.39 is 23.5 Å². The Hall–Kier alpha value is -2.11. The van der Waals surface area contributed by atoms with Gasteiger partial charge in [0.05, 0.1) is 0 Å². The number of nitrogens with one attached hydrogen (secondary N) is 1. The van der Waals surface area contributed by atoms with Gasteiger partial charge >= 0.3 is 5.97 Å². The summed E-state index contributed by atoms with van der Waals surface area (Å²) >= 11 is 0. The fourth-order valence-corrected chi connectivity index (χ4v) is 3.25. The summed E-state index contributed by atoms with van der Waals surface area (Å²) in [7, 11) is 0. The van der Waals surface area contributed by atoms with Crippen molar-refractivity contribution in [3.8, 4) is 0 Å². The third-order valence-corrected chi connectivity index (χ3v) is 4.37. The number of aromatic nitrogens is 1. The minimum atomic E-state index is -1.00. The highest BCUT2D eigenvalue weighted by atomic mass is 16.4. The second kappa shape index (κ2) is 5.35. The zero-order valence-corrected chi connectivity index (χ0v) is 11.7. The van der Waals surface area contributed by atoms with Crippen LogP contribution in [0.2, 0.25) is 0 Å². The van der Waals surface area contributed by atoms with Crippen LogP contribution in [0.4, 0.5) is 0 Å². The number of carbonyl (C=O) groups excluding carboxylic acids is 1. The van der Waals surface area contributed by atoms with Crippen molar-refractivity contribution in [1.29, 1.82) is 0 Å². The largest absolute Gasteiger partial charge is 0.480 e. The van der Waals surface area contributed by atoms with E-state index in [4.69, 9.17) is 5.11 Å². The molecule has 2 heterocycles. The maximum Gasteiger partial charge on any atom is 0.326 e. The lowest BCUT2D eigenvalue weighted by atomic mass is 9.95. The molecule has 0 saturated carbocycles. The van der Waals surface area contributed by atoms with Crippen molar-refractivity contribution < 1.29 is 14.7 Å². The molecule has 112 valence electrons. The second-order valence-electron chi connectivity index (χ2n) is 5.72. The molecule has 0 aromatic carbocycles. The standard InChI is InChI=1S/C15H18N2O4/c18-13-10(8-9-4-1-2-5-11(9)16-13)14(19)17-7-3-6-12(17)15(20)21/h8,12H,1-7H2,(H,16,18)(H,20,21)/t12-/m0/s1. The number of aryl methyl sites for hydroxylation is 2. The number of hydrogen-bond donors (Lipinski definition) is 2. The van der Waals surface area contributed by atoms with Gasteiger partial charge < -0.3 is 15.0 Å². The number of carboxylic acids is 1. The van der Waals surface area contributed by atoms with Crippen LogP contribution >= 0.6 is 0 Å². The molecule has 0 spiro atoms. The van der Waals surface area contributed by atoms with E-state index >= 15 is 0 Å². The van der Waals surface area contributed by atoms with Gasteiger partial charge in [-0.2, -0.15) is 0 Å². The number of carbonyl (C=O) groups is 2. The number of amides is 1. The van der Waals surface area contributed by atoms with Gasteiger partial charge in [-0.1, -0.05) is 0 Å². The molecule has 6 heteroatoms. The highest BCUT2D eigenvalue weighted by Gasteiger charge is 2.35. The molecule has 1 fully saturated rings. The van der Waals surface area contributed by atoms with E-state index in [0.29, 0.717) is 19.4 Å². The molecule has 0 bridgehead atoms. The van der Waals surface area contributed by atoms with E-state index in [1.165, 1.54) is 4.90 Å². The van der Waals surface area contributed by atoms with Gasteiger partial charge in [0.15, 0.2) is 0 Å². The van der Waals surface area contributed by atoms with E-state index in [-0.39, 0.29) is 5.56 Å². The molecule has 1 amide bonds. The van der Waals surface area contributed by atoms with Crippen molar-refractivity contribution in [1.82, 2.24) is 9.88 Å². The number of likely N-dealkylation sites (tertiary alicyclic amines) is 1. The first-order valence-corrected chi connectivity index (χ1v) is 7.37. The molecule has 1 aliphatic heterocycles. The van der Waals surface area contributed by atoms with Crippen LogP contribution in [0.5, 0.6) is 0 Å². The zero-order chi connectivity index (χ0) is 15.0. The molecule has 2 N–H and O–H groups in total. The van der Waals surface area contributed by atoms with Crippen LogP contribution in [0.15, 0.2) is 10.9 Å². The number of aromatic amines is 1. The van der Waals surface area contributed by atoms with Crippen molar-refractivity contribution in [2.75, 3.05) is 6.54 Å². The van der Waals surface area contributed by atoms with Gasteiger partial charge in [-0.15, -0.1) is 0 Å². The van der Waals surface area contributed by atoms with Crippen molar-refractivity contribution in [2.45, 2.75) is 44.6 Å². The first-order valence-electron chi connectivity index (χ1n) is 7.37. The van der Waals surface area contributed by atoms with E-state index in [1.807, 2.05) is 0 Å². The Kier molecular flexibility index (Phi) is 3.53. The Bertz CT molecular complexity index is 650. The van der Waals surface area contributed by atoms with Crippen molar-refractivity contribution in [2.24, 2.45) is 0 Å². The van der Waals surface area contributed by atoms with Crippen LogP contribution in [0.1, 0.15) is 47.3 Å². The van der Waals surface area contributed by atoms with Crippen LogP contribution in [-0.2, 0) is 17.6 Å². The number of hydrogen-bond acceptors (Lipinski definition) is 3. The maximum absolute atomic E-state index is 12.5. The van der Waals surface area contributed by atoms with Crippen molar-refractivity contribution in [3.05, 3.63) is 33.2 Å². The number of H-pyrrole nitrogens is 1. The molecule has 2 aliphatic rings. The van der Waals surface area contributed by atoms with Crippen LogP contribution in [0.25, 0.3) is 0 Å². The maximum atomic E-state index is 12.5. The molecule has 6 nitrogen and oxygen atoms in total. The number of aliphatic carboxylic acids is 1. The normalized spacial score (nSPS) is 21.1. The van der Waals surface area contributed by atoms with Crippen LogP contribution in [0.3, 0.4) is 0 Å². The minimum Gasteiger partial charge on any atom is -0.480 e. The summed E-state index contributed by atoms with van der Waals surface area (Å²) in [5, 5.41) is 9.16. The SMILES string of the molecule is O=C(O)[C@@H]1CCCN1C(=O)c1cc2c([nH]c1=O)CCCC2. The van der Waals surface area contributed by atoms with Crippen molar-refractivity contribution >= 4 is 11.9 Å². The molecule has 1 aromatic rings. The Morgan fingerprint density at radius 1 is 1.24 bits per heavy atom. The highest BCUT2D eigenvalue weighted by Crippen LogP contribution is 2.22. The third kappa shape index (κ3) is 2.46. The van der Waals surface area contributed by atoms with Crippen LogP contribution < -0.4 is 5.56 Å². The number of carboxylic acid groups (broad SMARTS) is 1. The quantitative estimate of drug-likeness (QED) is 0.848. The summed E-state index contributed by atoms with van der Waals surface area (Å²) in [5.74, 6) is -1.47. The van der Waals surface area contributed by atoms with E-state index in [1.54, 1.807) is 6.07 Å². The first kappa shape index (κ1) is 13.9. The Morgan fingerprint density at radius 2 is 2.00 bits per heavy atom. The first-order chi connectivity index (χ1) is 10.1. The molecule has 1 aromatic heterocycles. The van der Waals surface area contributed by atoms with Gasteiger partial charge in [0, 0.05) is 12.2 Å². The van der Waals surface area contributed by atoms with Gasteiger partial charge in [0.25, 0.3) is 11.5 Å². The summed E-state index contributed by atoms with van der Waals surface area (Å²) in [6, 6.07) is 0.848. The Balaban J connectivity index is 1.94. The molecular formula is C15H18N2O4. The molecule has 0 radical (unpaired) electrons. The van der Waals surface area contributed by atoms with Crippen molar-refractivity contribution in [3.63, 3.8) is 0 Å². The summed E-state index contributed by atoms with van der Waals surface area (Å²) in [6.07, 6.45) is 4.89. The summed E-state index contributed by atoms with van der Waals surface area (Å²) in [5.41, 5.74) is 1.59. The summed E-state index contributed by atoms with van der Waals surface area (Å²) in [4.78, 5) is 39.9. The lowest BCUT2D eigenvalue weighted by Gasteiger charge is -2.22. The van der Waals surface area contributed by atoms with E-state index in [2.05, 4.69) is 4.98 Å². The van der Waals surface area contributed by atoms with E-state index in [9.17, 15) is 14.4 Å². The van der Waals surface area contributed by atoms with Crippen LogP contribution in [-0.4, -0.2) is 39.5 Å². The lowest BCUT2D eigenvalue weighted by Crippen LogP contribution is -2.42. The fourth-order valence-electron chi connectivity index (χ4n) is 3.25.